The molecule has 2 heterocycles. The minimum Gasteiger partial charge on any atom is -0.341 e. The van der Waals surface area contributed by atoms with Crippen LogP contribution in [0.1, 0.15) is 23.3 Å². The molecular weight excluding hydrogens is 202 g/mol. The van der Waals surface area contributed by atoms with Gasteiger partial charge in [-0.05, 0) is 18.9 Å². The third-order valence-electron chi connectivity index (χ3n) is 2.17. The van der Waals surface area contributed by atoms with Crippen LogP contribution in [-0.2, 0) is 0 Å². The highest BCUT2D eigenvalue weighted by atomic mass is 35.5. The van der Waals surface area contributed by atoms with Crippen molar-refractivity contribution < 1.29 is 4.79 Å². The predicted octanol–water partition coefficient (Wildman–Crippen LogP) is 1.31. The van der Waals surface area contributed by atoms with Crippen LogP contribution in [0, 0.1) is 0 Å². The highest BCUT2D eigenvalue weighted by Gasteiger charge is 2.14. The van der Waals surface area contributed by atoms with Crippen LogP contribution in [0.3, 0.4) is 0 Å². The topological polar surface area (TPSA) is 46.1 Å². The normalized spacial score (nSPS) is 15.0. The molecule has 0 bridgehead atoms. The number of aromatic nitrogens is 2. The maximum Gasteiger partial charge on any atom is 0.225 e. The number of halogens is 1. The van der Waals surface area contributed by atoms with Crippen molar-refractivity contribution in [3.8, 4) is 0 Å². The summed E-state index contributed by atoms with van der Waals surface area (Å²) in [5.74, 6) is 0.683. The molecule has 0 N–H and O–H groups in total. The molecule has 0 amide bonds. The van der Waals surface area contributed by atoms with E-state index in [1.807, 2.05) is 0 Å². The lowest BCUT2D eigenvalue weighted by Crippen LogP contribution is -2.20. The predicted molar refractivity (Wildman–Crippen MR) is 56.1 cm³/mol. The van der Waals surface area contributed by atoms with E-state index in [4.69, 9.17) is 0 Å². The lowest BCUT2D eigenvalue weighted by Gasteiger charge is -2.14. The monoisotopic (exact) mass is 213 g/mol. The van der Waals surface area contributed by atoms with Crippen molar-refractivity contribution in [1.29, 1.82) is 0 Å². The highest BCUT2D eigenvalue weighted by molar-refractivity contribution is 5.85. The van der Waals surface area contributed by atoms with Crippen molar-refractivity contribution in [1.82, 2.24) is 9.97 Å². The molecule has 5 heteroatoms. The van der Waals surface area contributed by atoms with Gasteiger partial charge in [0.25, 0.3) is 0 Å². The Bertz CT molecular complexity index is 313. The fourth-order valence-corrected chi connectivity index (χ4v) is 1.50. The Balaban J connectivity index is 0.000000980. The molecule has 1 saturated heterocycles. The van der Waals surface area contributed by atoms with Crippen molar-refractivity contribution >= 4 is 24.6 Å². The molecule has 0 radical (unpaired) electrons. The summed E-state index contributed by atoms with van der Waals surface area (Å²) in [6.07, 6.45) is 4.76. The van der Waals surface area contributed by atoms with Gasteiger partial charge in [-0.25, -0.2) is 9.97 Å². The van der Waals surface area contributed by atoms with Crippen LogP contribution in [0.5, 0.6) is 0 Å². The molecule has 1 aromatic heterocycles. The fraction of sp³-hybridized carbons (Fsp3) is 0.444. The summed E-state index contributed by atoms with van der Waals surface area (Å²) >= 11 is 0. The second-order valence-corrected chi connectivity index (χ2v) is 3.09. The Labute approximate surface area is 88.8 Å². The number of hydrogen-bond donors (Lipinski definition) is 0. The smallest absolute Gasteiger partial charge is 0.225 e. The van der Waals surface area contributed by atoms with Crippen LogP contribution in [0.2, 0.25) is 0 Å². The summed E-state index contributed by atoms with van der Waals surface area (Å²) in [5, 5.41) is 0. The van der Waals surface area contributed by atoms with Gasteiger partial charge in [0, 0.05) is 19.3 Å². The summed E-state index contributed by atoms with van der Waals surface area (Å²) < 4.78 is 0. The number of carbonyl (C=O) groups excluding carboxylic acids is 1. The Kier molecular flexibility index (Phi) is 3.83. The second-order valence-electron chi connectivity index (χ2n) is 3.09. The van der Waals surface area contributed by atoms with Crippen LogP contribution in [0.25, 0.3) is 0 Å². The van der Waals surface area contributed by atoms with E-state index in [1.54, 1.807) is 12.3 Å². The molecule has 1 aliphatic rings. The first-order valence-corrected chi connectivity index (χ1v) is 4.43. The minimum absolute atomic E-state index is 0. The number of aldehydes is 1. The Morgan fingerprint density at radius 3 is 2.71 bits per heavy atom. The molecule has 0 spiro atoms. The molecule has 0 unspecified atom stereocenters. The van der Waals surface area contributed by atoms with Crippen molar-refractivity contribution in [2.75, 3.05) is 18.0 Å². The van der Waals surface area contributed by atoms with Crippen molar-refractivity contribution in [2.24, 2.45) is 0 Å². The van der Waals surface area contributed by atoms with E-state index in [1.165, 1.54) is 12.8 Å². The number of nitrogens with zero attached hydrogens (tertiary/aromatic N) is 3. The standard InChI is InChI=1S/C9H11N3O.ClH/c13-7-8-3-4-10-9(11-8)12-5-1-2-6-12;/h3-4,7H,1-2,5-6H2;1H. The van der Waals surface area contributed by atoms with Gasteiger partial charge in [-0.15, -0.1) is 12.4 Å². The van der Waals surface area contributed by atoms with E-state index >= 15 is 0 Å². The van der Waals surface area contributed by atoms with Crippen LogP contribution in [0.4, 0.5) is 5.95 Å². The van der Waals surface area contributed by atoms with E-state index in [0.717, 1.165) is 19.4 Å². The van der Waals surface area contributed by atoms with Gasteiger partial charge in [-0.1, -0.05) is 0 Å². The van der Waals surface area contributed by atoms with Crippen LogP contribution in [0.15, 0.2) is 12.3 Å². The highest BCUT2D eigenvalue weighted by Crippen LogP contribution is 2.14. The van der Waals surface area contributed by atoms with Gasteiger partial charge in [0.15, 0.2) is 6.29 Å². The average molecular weight is 214 g/mol. The number of rotatable bonds is 2. The summed E-state index contributed by atoms with van der Waals surface area (Å²) in [4.78, 5) is 20.8. The van der Waals surface area contributed by atoms with E-state index in [2.05, 4.69) is 14.9 Å². The summed E-state index contributed by atoms with van der Waals surface area (Å²) in [7, 11) is 0. The first-order chi connectivity index (χ1) is 6.40. The third kappa shape index (κ3) is 2.20. The maximum atomic E-state index is 10.5. The first kappa shape index (κ1) is 10.9. The van der Waals surface area contributed by atoms with Crippen molar-refractivity contribution in [2.45, 2.75) is 12.8 Å². The lowest BCUT2D eigenvalue weighted by atomic mass is 10.4. The van der Waals surface area contributed by atoms with Crippen LogP contribution < -0.4 is 4.90 Å². The van der Waals surface area contributed by atoms with Crippen molar-refractivity contribution in [3.05, 3.63) is 18.0 Å². The maximum absolute atomic E-state index is 10.5. The number of anilines is 1. The van der Waals surface area contributed by atoms with E-state index in [9.17, 15) is 4.79 Å². The van der Waals surface area contributed by atoms with Gasteiger partial charge in [0.05, 0.1) is 0 Å². The molecular formula is C9H12ClN3O. The molecule has 0 atom stereocenters. The van der Waals surface area contributed by atoms with Gasteiger partial charge in [-0.3, -0.25) is 4.79 Å². The van der Waals surface area contributed by atoms with Gasteiger partial charge in [0.2, 0.25) is 5.95 Å². The molecule has 4 nitrogen and oxygen atoms in total. The molecule has 1 aliphatic heterocycles. The minimum atomic E-state index is 0. The summed E-state index contributed by atoms with van der Waals surface area (Å²) in [5.41, 5.74) is 0.455. The largest absolute Gasteiger partial charge is 0.341 e. The molecule has 0 saturated carbocycles. The molecule has 76 valence electrons. The first-order valence-electron chi connectivity index (χ1n) is 4.43. The van der Waals surface area contributed by atoms with Gasteiger partial charge in [0.1, 0.15) is 5.69 Å². The molecule has 1 fully saturated rings. The van der Waals surface area contributed by atoms with E-state index < -0.39 is 0 Å². The summed E-state index contributed by atoms with van der Waals surface area (Å²) in [6, 6.07) is 1.62. The van der Waals surface area contributed by atoms with Gasteiger partial charge in [-0.2, -0.15) is 0 Å². The van der Waals surface area contributed by atoms with E-state index in [-0.39, 0.29) is 12.4 Å². The number of carbonyl (C=O) groups is 1. The molecule has 1 aromatic rings. The zero-order valence-corrected chi connectivity index (χ0v) is 8.54. The lowest BCUT2D eigenvalue weighted by molar-refractivity contribution is 0.111. The second kappa shape index (κ2) is 4.91. The zero-order valence-electron chi connectivity index (χ0n) is 7.72. The Morgan fingerprint density at radius 2 is 2.07 bits per heavy atom. The molecule has 14 heavy (non-hydrogen) atoms. The molecule has 0 aliphatic carbocycles. The van der Waals surface area contributed by atoms with Crippen LogP contribution in [-0.4, -0.2) is 29.3 Å². The fourth-order valence-electron chi connectivity index (χ4n) is 1.50. The zero-order chi connectivity index (χ0) is 9.10. The van der Waals surface area contributed by atoms with Crippen molar-refractivity contribution in [3.63, 3.8) is 0 Å². The molecule has 0 aromatic carbocycles. The SMILES string of the molecule is Cl.O=Cc1ccnc(N2CCCC2)n1. The summed E-state index contributed by atoms with van der Waals surface area (Å²) in [6.45, 7) is 2.00. The quantitative estimate of drug-likeness (QED) is 0.695. The third-order valence-corrected chi connectivity index (χ3v) is 2.17. The average Bonchev–Trinajstić information content (AvgIpc) is 2.71. The number of hydrogen-bond acceptors (Lipinski definition) is 4. The van der Waals surface area contributed by atoms with Crippen LogP contribution >= 0.6 is 12.4 Å². The van der Waals surface area contributed by atoms with Gasteiger partial charge >= 0.3 is 0 Å². The van der Waals surface area contributed by atoms with E-state index in [0.29, 0.717) is 11.6 Å². The Morgan fingerprint density at radius 1 is 1.36 bits per heavy atom. The Hall–Kier alpha value is -1.16. The van der Waals surface area contributed by atoms with Gasteiger partial charge < -0.3 is 4.90 Å². The molecule has 2 rings (SSSR count).